The monoisotopic (exact) mass is 332 g/mol. The average molecular weight is 332 g/mol. The van der Waals surface area contributed by atoms with E-state index in [0.717, 1.165) is 12.1 Å². The summed E-state index contributed by atoms with van der Waals surface area (Å²) in [6, 6.07) is 8.46. The zero-order chi connectivity index (χ0) is 17.5. The van der Waals surface area contributed by atoms with Crippen LogP contribution in [0.15, 0.2) is 30.3 Å². The second-order valence-electron chi connectivity index (χ2n) is 6.08. The fourth-order valence-electron chi connectivity index (χ4n) is 2.49. The van der Waals surface area contributed by atoms with E-state index >= 15 is 0 Å². The number of likely N-dealkylation sites (N-methyl/N-ethyl adjacent to an activating group) is 1. The van der Waals surface area contributed by atoms with Crippen LogP contribution in [0.4, 0.5) is 4.79 Å². The summed E-state index contributed by atoms with van der Waals surface area (Å²) in [5.74, 6) is -0.570. The van der Waals surface area contributed by atoms with Crippen LogP contribution in [0.3, 0.4) is 0 Å². The molecule has 0 radical (unpaired) electrons. The lowest BCUT2D eigenvalue weighted by Gasteiger charge is -2.13. The maximum atomic E-state index is 12.3. The maximum absolute atomic E-state index is 12.3. The summed E-state index contributed by atoms with van der Waals surface area (Å²) in [5.41, 5.74) is 1.06. The molecule has 2 rings (SSSR count). The molecule has 1 saturated heterocycles. The van der Waals surface area contributed by atoms with Crippen molar-refractivity contribution in [2.75, 3.05) is 33.7 Å². The molecular formula is C17H24N4O3. The van der Waals surface area contributed by atoms with Crippen LogP contribution in [0.25, 0.3) is 0 Å². The van der Waals surface area contributed by atoms with Crippen LogP contribution in [0.1, 0.15) is 12.0 Å². The molecule has 7 heteroatoms. The van der Waals surface area contributed by atoms with E-state index in [9.17, 15) is 14.4 Å². The van der Waals surface area contributed by atoms with Crippen molar-refractivity contribution in [3.8, 4) is 0 Å². The zero-order valence-corrected chi connectivity index (χ0v) is 14.1. The third kappa shape index (κ3) is 5.06. The topological polar surface area (TPSA) is 81.8 Å². The molecule has 130 valence electrons. The first-order valence-electron chi connectivity index (χ1n) is 8.04. The van der Waals surface area contributed by atoms with Crippen molar-refractivity contribution in [1.82, 2.24) is 20.4 Å². The van der Waals surface area contributed by atoms with Gasteiger partial charge in [0.1, 0.15) is 6.04 Å². The molecule has 7 nitrogen and oxygen atoms in total. The molecule has 4 amide bonds. The van der Waals surface area contributed by atoms with E-state index < -0.39 is 12.1 Å². The summed E-state index contributed by atoms with van der Waals surface area (Å²) in [6.45, 7) is 1.55. The van der Waals surface area contributed by atoms with Gasteiger partial charge in [0, 0.05) is 19.6 Å². The van der Waals surface area contributed by atoms with Crippen molar-refractivity contribution in [2.24, 2.45) is 0 Å². The van der Waals surface area contributed by atoms with Crippen LogP contribution in [0, 0.1) is 0 Å². The minimum atomic E-state index is -0.771. The Bertz CT molecular complexity index is 589. The van der Waals surface area contributed by atoms with Gasteiger partial charge in [-0.3, -0.25) is 14.5 Å². The van der Waals surface area contributed by atoms with Gasteiger partial charge in [-0.2, -0.15) is 0 Å². The number of hydrogen-bond acceptors (Lipinski definition) is 4. The van der Waals surface area contributed by atoms with Crippen molar-refractivity contribution in [1.29, 1.82) is 0 Å². The third-order valence-corrected chi connectivity index (χ3v) is 3.84. The molecule has 0 bridgehead atoms. The van der Waals surface area contributed by atoms with Crippen LogP contribution in [0.2, 0.25) is 0 Å². The lowest BCUT2D eigenvalue weighted by atomic mass is 10.1. The predicted molar refractivity (Wildman–Crippen MR) is 90.4 cm³/mol. The normalized spacial score (nSPS) is 17.3. The number of hydrogen-bond donors (Lipinski definition) is 2. The Labute approximate surface area is 142 Å². The van der Waals surface area contributed by atoms with E-state index in [0.29, 0.717) is 19.5 Å². The Kier molecular flexibility index (Phi) is 6.31. The summed E-state index contributed by atoms with van der Waals surface area (Å²) in [7, 11) is 3.83. The largest absolute Gasteiger partial charge is 0.355 e. The molecule has 0 aliphatic carbocycles. The number of carbonyl (C=O) groups excluding carboxylic acids is 3. The van der Waals surface area contributed by atoms with Crippen LogP contribution in [0.5, 0.6) is 0 Å². The predicted octanol–water partition coefficient (Wildman–Crippen LogP) is 0.217. The molecule has 1 heterocycles. The van der Waals surface area contributed by atoms with E-state index in [2.05, 4.69) is 10.6 Å². The van der Waals surface area contributed by atoms with Crippen molar-refractivity contribution < 1.29 is 14.4 Å². The number of imide groups is 1. The van der Waals surface area contributed by atoms with E-state index in [1.54, 1.807) is 0 Å². The van der Waals surface area contributed by atoms with Crippen LogP contribution in [-0.4, -0.2) is 67.4 Å². The lowest BCUT2D eigenvalue weighted by molar-refractivity contribution is -0.130. The molecule has 2 N–H and O–H groups in total. The van der Waals surface area contributed by atoms with Crippen LogP contribution < -0.4 is 10.6 Å². The first kappa shape index (κ1) is 17.9. The van der Waals surface area contributed by atoms with Crippen molar-refractivity contribution in [3.05, 3.63) is 35.9 Å². The van der Waals surface area contributed by atoms with Gasteiger partial charge in [-0.25, -0.2) is 4.79 Å². The van der Waals surface area contributed by atoms with Gasteiger partial charge in [0.05, 0.1) is 6.42 Å². The first-order chi connectivity index (χ1) is 11.5. The van der Waals surface area contributed by atoms with Crippen molar-refractivity contribution >= 4 is 17.8 Å². The van der Waals surface area contributed by atoms with Crippen LogP contribution in [-0.2, 0) is 16.0 Å². The number of amides is 4. The molecule has 1 aliphatic rings. The van der Waals surface area contributed by atoms with Gasteiger partial charge in [-0.15, -0.1) is 0 Å². The van der Waals surface area contributed by atoms with Gasteiger partial charge in [0.25, 0.3) is 5.91 Å². The summed E-state index contributed by atoms with van der Waals surface area (Å²) >= 11 is 0. The summed E-state index contributed by atoms with van der Waals surface area (Å²) < 4.78 is 0. The highest BCUT2D eigenvalue weighted by Crippen LogP contribution is 2.11. The SMILES string of the molecule is CN(C)CCNC(=O)C[C@H]1NC(=O)N(CCc2ccccc2)C1=O. The molecule has 1 atom stereocenters. The quantitative estimate of drug-likeness (QED) is 0.667. The third-order valence-electron chi connectivity index (χ3n) is 3.84. The molecule has 1 aromatic rings. The Morgan fingerprint density at radius 2 is 1.96 bits per heavy atom. The van der Waals surface area contributed by atoms with Crippen LogP contribution >= 0.6 is 0 Å². The van der Waals surface area contributed by atoms with E-state index in [1.807, 2.05) is 49.3 Å². The van der Waals surface area contributed by atoms with Gasteiger partial charge < -0.3 is 15.5 Å². The highest BCUT2D eigenvalue weighted by atomic mass is 16.2. The number of carbonyl (C=O) groups is 3. The summed E-state index contributed by atoms with van der Waals surface area (Å²) in [5, 5.41) is 5.33. The standard InChI is InChI=1S/C17H24N4O3/c1-20(2)11-9-18-15(22)12-14-16(23)21(17(24)19-14)10-8-13-6-4-3-5-7-13/h3-7,14H,8-12H2,1-2H3,(H,18,22)(H,19,24)/t14-/m1/s1. The highest BCUT2D eigenvalue weighted by Gasteiger charge is 2.38. The molecule has 0 spiro atoms. The van der Waals surface area contributed by atoms with Gasteiger partial charge in [-0.05, 0) is 26.1 Å². The molecule has 0 saturated carbocycles. The molecular weight excluding hydrogens is 308 g/mol. The Balaban J connectivity index is 1.81. The van der Waals surface area contributed by atoms with Gasteiger partial charge in [0.2, 0.25) is 5.91 Å². The number of urea groups is 1. The lowest BCUT2D eigenvalue weighted by Crippen LogP contribution is -2.38. The number of rotatable bonds is 8. The smallest absolute Gasteiger partial charge is 0.324 e. The minimum absolute atomic E-state index is 0.0279. The van der Waals surface area contributed by atoms with Gasteiger partial charge >= 0.3 is 6.03 Å². The number of nitrogens with zero attached hydrogens (tertiary/aromatic N) is 2. The summed E-state index contributed by atoms with van der Waals surface area (Å²) in [6.07, 6.45) is 0.571. The molecule has 1 aliphatic heterocycles. The number of benzene rings is 1. The molecule has 0 aromatic heterocycles. The van der Waals surface area contributed by atoms with E-state index in [1.165, 1.54) is 4.90 Å². The Hall–Kier alpha value is -2.41. The second-order valence-corrected chi connectivity index (χ2v) is 6.08. The average Bonchev–Trinajstić information content (AvgIpc) is 2.80. The highest BCUT2D eigenvalue weighted by molar-refractivity contribution is 6.05. The Morgan fingerprint density at radius 3 is 2.62 bits per heavy atom. The maximum Gasteiger partial charge on any atom is 0.324 e. The minimum Gasteiger partial charge on any atom is -0.355 e. The second kappa shape index (κ2) is 8.44. The van der Waals surface area contributed by atoms with Crippen molar-refractivity contribution in [3.63, 3.8) is 0 Å². The Morgan fingerprint density at radius 1 is 1.25 bits per heavy atom. The molecule has 0 unspecified atom stereocenters. The van der Waals surface area contributed by atoms with E-state index in [-0.39, 0.29) is 18.2 Å². The summed E-state index contributed by atoms with van der Waals surface area (Å²) in [4.78, 5) is 39.3. The fraction of sp³-hybridized carbons (Fsp3) is 0.471. The van der Waals surface area contributed by atoms with Crippen molar-refractivity contribution in [2.45, 2.75) is 18.9 Å². The molecule has 1 aromatic carbocycles. The fourth-order valence-corrected chi connectivity index (χ4v) is 2.49. The van der Waals surface area contributed by atoms with Gasteiger partial charge in [0.15, 0.2) is 0 Å². The first-order valence-corrected chi connectivity index (χ1v) is 8.04. The van der Waals surface area contributed by atoms with E-state index in [4.69, 9.17) is 0 Å². The zero-order valence-electron chi connectivity index (χ0n) is 14.1. The molecule has 1 fully saturated rings. The van der Waals surface area contributed by atoms with Gasteiger partial charge in [-0.1, -0.05) is 30.3 Å². The molecule has 24 heavy (non-hydrogen) atoms. The number of nitrogens with one attached hydrogen (secondary N) is 2.